The van der Waals surface area contributed by atoms with Crippen LogP contribution in [0.3, 0.4) is 0 Å². The van der Waals surface area contributed by atoms with Gasteiger partial charge in [0.25, 0.3) is 0 Å². The minimum Gasteiger partial charge on any atom is -0.328 e. The predicted molar refractivity (Wildman–Crippen MR) is 72.0 cm³/mol. The van der Waals surface area contributed by atoms with Gasteiger partial charge in [0, 0.05) is 30.6 Å². The maximum absolute atomic E-state index is 5.79. The van der Waals surface area contributed by atoms with Crippen LogP contribution < -0.4 is 5.73 Å². The van der Waals surface area contributed by atoms with Gasteiger partial charge < -0.3 is 5.73 Å². The molecule has 0 aliphatic carbocycles. The van der Waals surface area contributed by atoms with Crippen molar-refractivity contribution < 1.29 is 0 Å². The van der Waals surface area contributed by atoms with Gasteiger partial charge in [0.2, 0.25) is 0 Å². The van der Waals surface area contributed by atoms with Crippen molar-refractivity contribution in [2.45, 2.75) is 32.7 Å². The molecular formula is C14H18N4. The number of hydrogen-bond donors (Lipinski definition) is 1. The molecule has 2 heterocycles. The Hall–Kier alpha value is -1.81. The van der Waals surface area contributed by atoms with Crippen LogP contribution in [0.15, 0.2) is 30.6 Å². The first-order valence-electron chi connectivity index (χ1n) is 6.22. The molecule has 0 radical (unpaired) electrons. The van der Waals surface area contributed by atoms with Gasteiger partial charge in [-0.25, -0.2) is 9.97 Å². The molecule has 0 saturated heterocycles. The SMILES string of the molecule is CCc1cccnc1-c1nccc(CC(C)N)n1. The molecule has 2 rings (SSSR count). The lowest BCUT2D eigenvalue weighted by molar-refractivity contribution is 0.720. The standard InChI is InChI=1S/C14H18N4/c1-3-11-5-4-7-16-13(11)14-17-8-6-12(18-14)9-10(2)15/h4-8,10H,3,9,15H2,1-2H3. The summed E-state index contributed by atoms with van der Waals surface area (Å²) in [5, 5.41) is 0. The van der Waals surface area contributed by atoms with Gasteiger partial charge in [0.05, 0.1) is 0 Å². The van der Waals surface area contributed by atoms with E-state index in [1.54, 1.807) is 12.4 Å². The van der Waals surface area contributed by atoms with Crippen molar-refractivity contribution in [3.8, 4) is 11.5 Å². The number of rotatable bonds is 4. The summed E-state index contributed by atoms with van der Waals surface area (Å²) >= 11 is 0. The molecule has 0 saturated carbocycles. The summed E-state index contributed by atoms with van der Waals surface area (Å²) in [5.41, 5.74) is 8.78. The largest absolute Gasteiger partial charge is 0.328 e. The van der Waals surface area contributed by atoms with Crippen molar-refractivity contribution in [3.63, 3.8) is 0 Å². The lowest BCUT2D eigenvalue weighted by Crippen LogP contribution is -2.18. The summed E-state index contributed by atoms with van der Waals surface area (Å²) in [7, 11) is 0. The van der Waals surface area contributed by atoms with Crippen LogP contribution >= 0.6 is 0 Å². The van der Waals surface area contributed by atoms with Crippen molar-refractivity contribution in [1.82, 2.24) is 15.0 Å². The lowest BCUT2D eigenvalue weighted by atomic mass is 10.1. The van der Waals surface area contributed by atoms with Crippen molar-refractivity contribution in [1.29, 1.82) is 0 Å². The maximum atomic E-state index is 5.79. The third-order valence-electron chi connectivity index (χ3n) is 2.73. The first-order valence-corrected chi connectivity index (χ1v) is 6.22. The van der Waals surface area contributed by atoms with Crippen molar-refractivity contribution >= 4 is 0 Å². The Kier molecular flexibility index (Phi) is 3.99. The molecule has 1 atom stereocenters. The van der Waals surface area contributed by atoms with E-state index in [1.807, 2.05) is 19.1 Å². The molecule has 0 aliphatic rings. The number of aryl methyl sites for hydroxylation is 1. The Morgan fingerprint density at radius 1 is 1.22 bits per heavy atom. The Morgan fingerprint density at radius 3 is 2.78 bits per heavy atom. The molecule has 18 heavy (non-hydrogen) atoms. The van der Waals surface area contributed by atoms with Gasteiger partial charge in [-0.15, -0.1) is 0 Å². The van der Waals surface area contributed by atoms with Crippen molar-refractivity contribution in [2.75, 3.05) is 0 Å². The van der Waals surface area contributed by atoms with Gasteiger partial charge >= 0.3 is 0 Å². The Morgan fingerprint density at radius 2 is 2.06 bits per heavy atom. The Balaban J connectivity index is 2.38. The van der Waals surface area contributed by atoms with Crippen LogP contribution in [0.5, 0.6) is 0 Å². The van der Waals surface area contributed by atoms with E-state index in [0.717, 1.165) is 29.8 Å². The van der Waals surface area contributed by atoms with Crippen LogP contribution in [0, 0.1) is 0 Å². The van der Waals surface area contributed by atoms with Crippen LogP contribution in [-0.2, 0) is 12.8 Å². The van der Waals surface area contributed by atoms with Crippen LogP contribution in [0.2, 0.25) is 0 Å². The quantitative estimate of drug-likeness (QED) is 0.890. The zero-order valence-electron chi connectivity index (χ0n) is 10.8. The van der Waals surface area contributed by atoms with Crippen LogP contribution in [0.4, 0.5) is 0 Å². The van der Waals surface area contributed by atoms with Gasteiger partial charge in [0.15, 0.2) is 5.82 Å². The molecule has 0 bridgehead atoms. The summed E-state index contributed by atoms with van der Waals surface area (Å²) in [5.74, 6) is 0.686. The third kappa shape index (κ3) is 2.90. The van der Waals surface area contributed by atoms with E-state index in [0.29, 0.717) is 5.82 Å². The second-order valence-corrected chi connectivity index (χ2v) is 4.42. The fraction of sp³-hybridized carbons (Fsp3) is 0.357. The van der Waals surface area contributed by atoms with Gasteiger partial charge in [-0.05, 0) is 31.0 Å². The summed E-state index contributed by atoms with van der Waals surface area (Å²) in [4.78, 5) is 13.2. The number of nitrogens with zero attached hydrogens (tertiary/aromatic N) is 3. The highest BCUT2D eigenvalue weighted by molar-refractivity contribution is 5.54. The average molecular weight is 242 g/mol. The van der Waals surface area contributed by atoms with E-state index in [4.69, 9.17) is 5.73 Å². The van der Waals surface area contributed by atoms with Gasteiger partial charge in [-0.3, -0.25) is 4.98 Å². The summed E-state index contributed by atoms with van der Waals surface area (Å²) in [6.45, 7) is 4.08. The van der Waals surface area contributed by atoms with E-state index in [1.165, 1.54) is 0 Å². The molecule has 2 N–H and O–H groups in total. The first kappa shape index (κ1) is 12.6. The molecule has 4 nitrogen and oxygen atoms in total. The minimum absolute atomic E-state index is 0.0992. The molecule has 0 amide bonds. The topological polar surface area (TPSA) is 64.7 Å². The smallest absolute Gasteiger partial charge is 0.178 e. The number of pyridine rings is 1. The Bertz CT molecular complexity index is 523. The molecule has 2 aromatic heterocycles. The molecule has 4 heteroatoms. The Labute approximate surface area is 107 Å². The van der Waals surface area contributed by atoms with Crippen molar-refractivity contribution in [3.05, 3.63) is 41.9 Å². The fourth-order valence-electron chi connectivity index (χ4n) is 1.88. The third-order valence-corrected chi connectivity index (χ3v) is 2.73. The zero-order valence-corrected chi connectivity index (χ0v) is 10.8. The molecule has 2 aromatic rings. The normalized spacial score (nSPS) is 12.4. The highest BCUT2D eigenvalue weighted by atomic mass is 14.9. The van der Waals surface area contributed by atoms with Gasteiger partial charge in [-0.1, -0.05) is 13.0 Å². The number of nitrogens with two attached hydrogens (primary N) is 1. The summed E-state index contributed by atoms with van der Waals surface area (Å²) in [6.07, 6.45) is 5.22. The van der Waals surface area contributed by atoms with E-state index in [2.05, 4.69) is 27.9 Å². The molecular weight excluding hydrogens is 224 g/mol. The predicted octanol–water partition coefficient (Wildman–Crippen LogP) is 1.99. The van der Waals surface area contributed by atoms with E-state index in [9.17, 15) is 0 Å². The van der Waals surface area contributed by atoms with Gasteiger partial charge in [-0.2, -0.15) is 0 Å². The second kappa shape index (κ2) is 5.69. The molecule has 1 unspecified atom stereocenters. The van der Waals surface area contributed by atoms with Crippen LogP contribution in [-0.4, -0.2) is 21.0 Å². The van der Waals surface area contributed by atoms with Gasteiger partial charge in [0.1, 0.15) is 5.69 Å². The second-order valence-electron chi connectivity index (χ2n) is 4.42. The van der Waals surface area contributed by atoms with E-state index >= 15 is 0 Å². The monoisotopic (exact) mass is 242 g/mol. The van der Waals surface area contributed by atoms with E-state index < -0.39 is 0 Å². The summed E-state index contributed by atoms with van der Waals surface area (Å²) < 4.78 is 0. The minimum atomic E-state index is 0.0992. The zero-order chi connectivity index (χ0) is 13.0. The molecule has 0 aromatic carbocycles. The first-order chi connectivity index (χ1) is 8.70. The van der Waals surface area contributed by atoms with Crippen molar-refractivity contribution in [2.24, 2.45) is 5.73 Å². The number of aromatic nitrogens is 3. The average Bonchev–Trinajstić information content (AvgIpc) is 2.38. The van der Waals surface area contributed by atoms with Crippen LogP contribution in [0.1, 0.15) is 25.1 Å². The maximum Gasteiger partial charge on any atom is 0.178 e. The molecule has 0 aliphatic heterocycles. The highest BCUT2D eigenvalue weighted by Crippen LogP contribution is 2.17. The lowest BCUT2D eigenvalue weighted by Gasteiger charge is -2.08. The fourth-order valence-corrected chi connectivity index (χ4v) is 1.88. The van der Waals surface area contributed by atoms with Crippen LogP contribution in [0.25, 0.3) is 11.5 Å². The highest BCUT2D eigenvalue weighted by Gasteiger charge is 2.09. The van der Waals surface area contributed by atoms with E-state index in [-0.39, 0.29) is 6.04 Å². The number of hydrogen-bond acceptors (Lipinski definition) is 4. The molecule has 94 valence electrons. The molecule has 0 fully saturated rings. The summed E-state index contributed by atoms with van der Waals surface area (Å²) in [6, 6.07) is 6.00. The molecule has 0 spiro atoms.